The van der Waals surface area contributed by atoms with E-state index < -0.39 is 5.82 Å². The van der Waals surface area contributed by atoms with Crippen LogP contribution in [-0.2, 0) is 6.54 Å². The van der Waals surface area contributed by atoms with Crippen molar-refractivity contribution >= 4 is 48.5 Å². The van der Waals surface area contributed by atoms with Crippen LogP contribution >= 0.6 is 27.3 Å². The molecule has 26 heavy (non-hydrogen) atoms. The van der Waals surface area contributed by atoms with Crippen molar-refractivity contribution in [3.05, 3.63) is 82.5 Å². The molecule has 0 spiro atoms. The maximum absolute atomic E-state index is 14.0. The quantitative estimate of drug-likeness (QED) is 0.420. The lowest BCUT2D eigenvalue weighted by atomic mass is 10.2. The minimum Gasteiger partial charge on any atom is -0.444 e. The maximum Gasteiger partial charge on any atom is 0.296 e. The highest BCUT2D eigenvalue weighted by Crippen LogP contribution is 2.32. The van der Waals surface area contributed by atoms with E-state index in [-0.39, 0.29) is 17.2 Å². The predicted molar refractivity (Wildman–Crippen MR) is 103 cm³/mol. The Kier molecular flexibility index (Phi) is 4.57. The zero-order valence-corrected chi connectivity index (χ0v) is 15.8. The van der Waals surface area contributed by atoms with E-state index in [4.69, 9.17) is 4.42 Å². The van der Waals surface area contributed by atoms with E-state index >= 15 is 0 Å². The summed E-state index contributed by atoms with van der Waals surface area (Å²) in [5.74, 6) is -0.551. The number of para-hydroxylation sites is 1. The van der Waals surface area contributed by atoms with Gasteiger partial charge in [-0.3, -0.25) is 9.69 Å². The number of benzene rings is 2. The molecule has 4 nitrogen and oxygen atoms in total. The number of aromatic nitrogens is 1. The molecule has 0 aliphatic heterocycles. The van der Waals surface area contributed by atoms with Crippen molar-refractivity contribution in [3.8, 4) is 0 Å². The van der Waals surface area contributed by atoms with Gasteiger partial charge >= 0.3 is 0 Å². The molecule has 4 rings (SSSR count). The molecule has 2 aromatic carbocycles. The second kappa shape index (κ2) is 7.01. The molecule has 7 heteroatoms. The first-order valence-corrected chi connectivity index (χ1v) is 9.39. The van der Waals surface area contributed by atoms with Crippen LogP contribution in [0.25, 0.3) is 10.2 Å². The third-order valence-corrected chi connectivity index (χ3v) is 5.27. The van der Waals surface area contributed by atoms with Gasteiger partial charge in [0, 0.05) is 0 Å². The second-order valence-corrected chi connectivity index (χ2v) is 7.35. The number of amides is 1. The summed E-state index contributed by atoms with van der Waals surface area (Å²) in [5, 5.41) is 0.423. The average molecular weight is 431 g/mol. The van der Waals surface area contributed by atoms with Crippen molar-refractivity contribution in [2.75, 3.05) is 4.90 Å². The smallest absolute Gasteiger partial charge is 0.296 e. The fourth-order valence-corrected chi connectivity index (χ4v) is 3.86. The summed E-state index contributed by atoms with van der Waals surface area (Å²) in [5.41, 5.74) is 1.20. The first-order valence-electron chi connectivity index (χ1n) is 7.78. The summed E-state index contributed by atoms with van der Waals surface area (Å²) >= 11 is 4.48. The van der Waals surface area contributed by atoms with Crippen molar-refractivity contribution in [1.29, 1.82) is 0 Å². The number of rotatable bonds is 4. The fourth-order valence-electron chi connectivity index (χ4n) is 2.57. The van der Waals surface area contributed by atoms with Crippen LogP contribution in [0.15, 0.2) is 69.8 Å². The van der Waals surface area contributed by atoms with Crippen LogP contribution in [0.4, 0.5) is 9.52 Å². The molecule has 4 aromatic rings. The van der Waals surface area contributed by atoms with Crippen LogP contribution in [0, 0.1) is 5.82 Å². The average Bonchev–Trinajstić information content (AvgIpc) is 3.27. The Morgan fingerprint density at radius 1 is 1.12 bits per heavy atom. The third kappa shape index (κ3) is 3.27. The van der Waals surface area contributed by atoms with Crippen molar-refractivity contribution < 1.29 is 13.6 Å². The molecule has 0 bridgehead atoms. The summed E-state index contributed by atoms with van der Waals surface area (Å²) in [6.07, 6.45) is 0. The van der Waals surface area contributed by atoms with Crippen LogP contribution < -0.4 is 4.90 Å². The number of hydrogen-bond acceptors (Lipinski definition) is 4. The summed E-state index contributed by atoms with van der Waals surface area (Å²) < 4.78 is 20.6. The van der Waals surface area contributed by atoms with Gasteiger partial charge in [-0.15, -0.1) is 0 Å². The van der Waals surface area contributed by atoms with Gasteiger partial charge in [-0.2, -0.15) is 0 Å². The highest BCUT2D eigenvalue weighted by molar-refractivity contribution is 9.10. The Balaban J connectivity index is 1.78. The van der Waals surface area contributed by atoms with Gasteiger partial charge in [-0.1, -0.05) is 47.7 Å². The molecule has 130 valence electrons. The number of nitrogens with zero attached hydrogens (tertiary/aromatic N) is 2. The van der Waals surface area contributed by atoms with E-state index in [0.717, 1.165) is 5.56 Å². The van der Waals surface area contributed by atoms with E-state index in [2.05, 4.69) is 20.9 Å². The van der Waals surface area contributed by atoms with Gasteiger partial charge < -0.3 is 4.42 Å². The zero-order valence-electron chi connectivity index (χ0n) is 13.4. The molecule has 0 aliphatic rings. The number of fused-ring (bicyclic) bond motifs is 1. The van der Waals surface area contributed by atoms with Crippen molar-refractivity contribution in [1.82, 2.24) is 4.98 Å². The number of thiazole rings is 1. The molecular formula is C19H12BrFN2O2S. The van der Waals surface area contributed by atoms with Gasteiger partial charge in [0.05, 0.1) is 11.2 Å². The van der Waals surface area contributed by atoms with Crippen molar-refractivity contribution in [2.45, 2.75) is 6.54 Å². The van der Waals surface area contributed by atoms with Crippen LogP contribution in [0.5, 0.6) is 0 Å². The first-order chi connectivity index (χ1) is 12.6. The molecule has 0 fully saturated rings. The molecule has 0 saturated carbocycles. The number of carbonyl (C=O) groups excluding carboxylic acids is 1. The third-order valence-electron chi connectivity index (χ3n) is 3.80. The Morgan fingerprint density at radius 3 is 2.62 bits per heavy atom. The molecular weight excluding hydrogens is 419 g/mol. The van der Waals surface area contributed by atoms with Gasteiger partial charge in [0.15, 0.2) is 15.6 Å². The lowest BCUT2D eigenvalue weighted by Gasteiger charge is -2.18. The first kappa shape index (κ1) is 16.9. The van der Waals surface area contributed by atoms with Gasteiger partial charge in [-0.25, -0.2) is 9.37 Å². The molecule has 0 aliphatic carbocycles. The summed E-state index contributed by atoms with van der Waals surface area (Å²) in [7, 11) is 0. The molecule has 0 unspecified atom stereocenters. The van der Waals surface area contributed by atoms with Crippen molar-refractivity contribution in [2.24, 2.45) is 0 Å². The van der Waals surface area contributed by atoms with Crippen molar-refractivity contribution in [3.63, 3.8) is 0 Å². The van der Waals surface area contributed by atoms with Gasteiger partial charge in [0.2, 0.25) is 0 Å². The van der Waals surface area contributed by atoms with Gasteiger partial charge in [0.25, 0.3) is 5.91 Å². The monoisotopic (exact) mass is 430 g/mol. The van der Waals surface area contributed by atoms with Crippen LogP contribution in [0.1, 0.15) is 16.1 Å². The number of carbonyl (C=O) groups is 1. The fraction of sp³-hybridized carbons (Fsp3) is 0.0526. The van der Waals surface area contributed by atoms with Gasteiger partial charge in [-0.05, 0) is 45.8 Å². The largest absolute Gasteiger partial charge is 0.444 e. The highest BCUT2D eigenvalue weighted by Gasteiger charge is 2.24. The number of anilines is 1. The zero-order chi connectivity index (χ0) is 18.1. The molecule has 0 saturated heterocycles. The molecule has 0 radical (unpaired) electrons. The topological polar surface area (TPSA) is 46.3 Å². The molecule has 2 heterocycles. The number of furan rings is 1. The predicted octanol–water partition coefficient (Wildman–Crippen LogP) is 5.64. The Morgan fingerprint density at radius 2 is 1.92 bits per heavy atom. The lowest BCUT2D eigenvalue weighted by molar-refractivity contribution is 0.0957. The Bertz CT molecular complexity index is 1080. The minimum absolute atomic E-state index is 0.188. The normalized spacial score (nSPS) is 11.0. The highest BCUT2D eigenvalue weighted by atomic mass is 79.9. The number of hydrogen-bond donors (Lipinski definition) is 0. The number of halogens is 2. The molecule has 1 amide bonds. The van der Waals surface area contributed by atoms with E-state index in [9.17, 15) is 9.18 Å². The van der Waals surface area contributed by atoms with Crippen LogP contribution in [0.2, 0.25) is 0 Å². The standard InChI is InChI=1S/C19H12BrFN2O2S/c20-16-10-9-14(25-16)18(24)23(11-12-5-2-1-3-6-12)19-22-17-13(21)7-4-8-15(17)26-19/h1-10H,11H2. The van der Waals surface area contributed by atoms with Crippen LogP contribution in [-0.4, -0.2) is 10.9 Å². The SMILES string of the molecule is O=C(c1ccc(Br)o1)N(Cc1ccccc1)c1nc2c(F)cccc2s1. The van der Waals surface area contributed by atoms with Gasteiger partial charge in [0.1, 0.15) is 11.3 Å². The van der Waals surface area contributed by atoms with Crippen LogP contribution in [0.3, 0.4) is 0 Å². The Labute approximate surface area is 161 Å². The van der Waals surface area contributed by atoms with E-state index in [1.54, 1.807) is 24.3 Å². The minimum atomic E-state index is -0.405. The summed E-state index contributed by atoms with van der Waals surface area (Å²) in [6, 6.07) is 17.6. The molecule has 0 N–H and O–H groups in total. The second-order valence-electron chi connectivity index (χ2n) is 5.56. The maximum atomic E-state index is 14.0. The molecule has 0 atom stereocenters. The summed E-state index contributed by atoms with van der Waals surface area (Å²) in [6.45, 7) is 0.305. The van der Waals surface area contributed by atoms with E-state index in [1.807, 2.05) is 30.3 Å². The molecule has 2 aromatic heterocycles. The van der Waals surface area contributed by atoms with E-state index in [0.29, 0.717) is 21.0 Å². The lowest BCUT2D eigenvalue weighted by Crippen LogP contribution is -2.30. The summed E-state index contributed by atoms with van der Waals surface area (Å²) in [4.78, 5) is 18.9. The Hall–Kier alpha value is -2.51. The van der Waals surface area contributed by atoms with E-state index in [1.165, 1.54) is 22.3 Å².